The molecule has 0 spiro atoms. The number of hydrogen-bond acceptors (Lipinski definition) is 3. The van der Waals surface area contributed by atoms with Crippen molar-refractivity contribution in [2.75, 3.05) is 13.2 Å². The maximum Gasteiger partial charge on any atom is 0.261 e. The summed E-state index contributed by atoms with van der Waals surface area (Å²) in [6, 6.07) is 17.3. The molecule has 0 aromatic heterocycles. The number of benzene rings is 2. The van der Waals surface area contributed by atoms with Gasteiger partial charge in [-0.15, -0.1) is 0 Å². The molecule has 0 radical (unpaired) electrons. The normalized spacial score (nSPS) is 15.2. The lowest BCUT2D eigenvalue weighted by Crippen LogP contribution is -2.52. The van der Waals surface area contributed by atoms with Crippen LogP contribution in [-0.4, -0.2) is 41.9 Å². The Morgan fingerprint density at radius 1 is 1.03 bits per heavy atom. The lowest BCUT2D eigenvalue weighted by atomic mass is 9.95. The molecule has 0 aliphatic heterocycles. The van der Waals surface area contributed by atoms with Crippen molar-refractivity contribution in [3.05, 3.63) is 65.7 Å². The molecule has 0 unspecified atom stereocenters. The molecule has 166 valence electrons. The summed E-state index contributed by atoms with van der Waals surface area (Å²) in [5.74, 6) is 0.438. The van der Waals surface area contributed by atoms with Crippen LogP contribution in [-0.2, 0) is 16.0 Å². The molecule has 2 aromatic carbocycles. The number of aryl methyl sites for hydroxylation is 1. The summed E-state index contributed by atoms with van der Waals surface area (Å²) in [4.78, 5) is 27.7. The highest BCUT2D eigenvalue weighted by molar-refractivity contribution is 5.88. The van der Waals surface area contributed by atoms with Crippen molar-refractivity contribution in [3.63, 3.8) is 0 Å². The van der Waals surface area contributed by atoms with Crippen LogP contribution in [0, 0.1) is 6.92 Å². The van der Waals surface area contributed by atoms with Gasteiger partial charge in [-0.1, -0.05) is 67.8 Å². The van der Waals surface area contributed by atoms with Gasteiger partial charge in [-0.2, -0.15) is 0 Å². The topological polar surface area (TPSA) is 58.6 Å². The molecule has 5 nitrogen and oxygen atoms in total. The Morgan fingerprint density at radius 3 is 2.42 bits per heavy atom. The lowest BCUT2D eigenvalue weighted by molar-refractivity contribution is -0.141. The molecule has 1 atom stereocenters. The van der Waals surface area contributed by atoms with E-state index in [1.807, 2.05) is 68.4 Å². The number of nitrogens with zero attached hydrogens (tertiary/aromatic N) is 1. The summed E-state index contributed by atoms with van der Waals surface area (Å²) >= 11 is 0. The first-order valence-corrected chi connectivity index (χ1v) is 11.4. The van der Waals surface area contributed by atoms with Crippen molar-refractivity contribution in [3.8, 4) is 5.75 Å². The predicted molar refractivity (Wildman–Crippen MR) is 123 cm³/mol. The second-order valence-corrected chi connectivity index (χ2v) is 8.40. The SMILES string of the molecule is Cc1ccccc1OCC(=O)N(CCc1ccccc1)[C@@H](C)C(=O)NC1CCCCC1. The van der Waals surface area contributed by atoms with Crippen LogP contribution in [0.5, 0.6) is 5.75 Å². The van der Waals surface area contributed by atoms with Crippen LogP contribution >= 0.6 is 0 Å². The highest BCUT2D eigenvalue weighted by atomic mass is 16.5. The average molecular weight is 423 g/mol. The van der Waals surface area contributed by atoms with Crippen molar-refractivity contribution >= 4 is 11.8 Å². The van der Waals surface area contributed by atoms with E-state index < -0.39 is 6.04 Å². The molecule has 0 saturated heterocycles. The summed E-state index contributed by atoms with van der Waals surface area (Å²) in [6.07, 6.45) is 6.28. The Labute approximate surface area is 185 Å². The van der Waals surface area contributed by atoms with Gasteiger partial charge in [-0.3, -0.25) is 9.59 Å². The van der Waals surface area contributed by atoms with Gasteiger partial charge < -0.3 is 15.0 Å². The molecule has 5 heteroatoms. The monoisotopic (exact) mass is 422 g/mol. The van der Waals surface area contributed by atoms with E-state index in [2.05, 4.69) is 5.32 Å². The third kappa shape index (κ3) is 6.84. The van der Waals surface area contributed by atoms with E-state index >= 15 is 0 Å². The average Bonchev–Trinajstić information content (AvgIpc) is 2.80. The van der Waals surface area contributed by atoms with E-state index in [-0.39, 0.29) is 24.5 Å². The minimum absolute atomic E-state index is 0.0794. The summed E-state index contributed by atoms with van der Waals surface area (Å²) in [5.41, 5.74) is 2.12. The summed E-state index contributed by atoms with van der Waals surface area (Å²) < 4.78 is 5.79. The quantitative estimate of drug-likeness (QED) is 0.656. The summed E-state index contributed by atoms with van der Waals surface area (Å²) in [5, 5.41) is 3.16. The number of nitrogens with one attached hydrogen (secondary N) is 1. The number of hydrogen-bond donors (Lipinski definition) is 1. The van der Waals surface area contributed by atoms with Crippen molar-refractivity contribution in [1.82, 2.24) is 10.2 Å². The van der Waals surface area contributed by atoms with Crippen LogP contribution in [0.1, 0.15) is 50.2 Å². The van der Waals surface area contributed by atoms with Gasteiger partial charge in [0.05, 0.1) is 0 Å². The second-order valence-electron chi connectivity index (χ2n) is 8.40. The molecule has 2 aromatic rings. The van der Waals surface area contributed by atoms with Gasteiger partial charge in [0.2, 0.25) is 5.91 Å². The van der Waals surface area contributed by atoms with E-state index in [1.165, 1.54) is 6.42 Å². The van der Waals surface area contributed by atoms with Crippen molar-refractivity contribution in [2.24, 2.45) is 0 Å². The summed E-state index contributed by atoms with van der Waals surface area (Å²) in [6.45, 7) is 4.15. The largest absolute Gasteiger partial charge is 0.484 e. The molecule has 1 fully saturated rings. The maximum absolute atomic E-state index is 13.1. The molecular weight excluding hydrogens is 388 g/mol. The van der Waals surface area contributed by atoms with Crippen LogP contribution in [0.4, 0.5) is 0 Å². The predicted octanol–water partition coefficient (Wildman–Crippen LogP) is 4.28. The van der Waals surface area contributed by atoms with Crippen LogP contribution in [0.2, 0.25) is 0 Å². The molecule has 1 aliphatic rings. The first kappa shape index (κ1) is 22.9. The van der Waals surface area contributed by atoms with Gasteiger partial charge in [-0.05, 0) is 50.3 Å². The molecular formula is C26H34N2O3. The van der Waals surface area contributed by atoms with E-state index in [0.29, 0.717) is 18.7 Å². The Bertz CT molecular complexity index is 847. The van der Waals surface area contributed by atoms with Gasteiger partial charge >= 0.3 is 0 Å². The van der Waals surface area contributed by atoms with Crippen LogP contribution in [0.3, 0.4) is 0 Å². The summed E-state index contributed by atoms with van der Waals surface area (Å²) in [7, 11) is 0. The lowest BCUT2D eigenvalue weighted by Gasteiger charge is -2.31. The zero-order valence-corrected chi connectivity index (χ0v) is 18.7. The molecule has 1 saturated carbocycles. The maximum atomic E-state index is 13.1. The fraction of sp³-hybridized carbons (Fsp3) is 0.462. The van der Waals surface area contributed by atoms with Crippen molar-refractivity contribution < 1.29 is 14.3 Å². The van der Waals surface area contributed by atoms with E-state index in [9.17, 15) is 9.59 Å². The third-order valence-corrected chi connectivity index (χ3v) is 6.05. The molecule has 1 aliphatic carbocycles. The van der Waals surface area contributed by atoms with Crippen LogP contribution in [0.15, 0.2) is 54.6 Å². The number of amides is 2. The molecule has 0 bridgehead atoms. The first-order chi connectivity index (χ1) is 15.0. The fourth-order valence-corrected chi connectivity index (χ4v) is 4.08. The highest BCUT2D eigenvalue weighted by Gasteiger charge is 2.28. The Morgan fingerprint density at radius 2 is 1.71 bits per heavy atom. The number of rotatable bonds is 9. The zero-order chi connectivity index (χ0) is 22.1. The molecule has 3 rings (SSSR count). The Hall–Kier alpha value is -2.82. The first-order valence-electron chi connectivity index (χ1n) is 11.4. The smallest absolute Gasteiger partial charge is 0.261 e. The van der Waals surface area contributed by atoms with Gasteiger partial charge in [0, 0.05) is 12.6 Å². The minimum Gasteiger partial charge on any atom is -0.484 e. The van der Waals surface area contributed by atoms with Gasteiger partial charge in [0.25, 0.3) is 5.91 Å². The number of ether oxygens (including phenoxy) is 1. The van der Waals surface area contributed by atoms with Crippen molar-refractivity contribution in [1.29, 1.82) is 0 Å². The number of carbonyl (C=O) groups excluding carboxylic acids is 2. The van der Waals surface area contributed by atoms with Crippen LogP contribution < -0.4 is 10.1 Å². The molecule has 0 heterocycles. The zero-order valence-electron chi connectivity index (χ0n) is 18.7. The number of carbonyl (C=O) groups is 2. The molecule has 1 N–H and O–H groups in total. The second kappa shape index (κ2) is 11.5. The highest BCUT2D eigenvalue weighted by Crippen LogP contribution is 2.19. The fourth-order valence-electron chi connectivity index (χ4n) is 4.08. The molecule has 31 heavy (non-hydrogen) atoms. The van der Waals surface area contributed by atoms with Crippen molar-refractivity contribution in [2.45, 2.75) is 64.5 Å². The third-order valence-electron chi connectivity index (χ3n) is 6.05. The van der Waals surface area contributed by atoms with Crippen LogP contribution in [0.25, 0.3) is 0 Å². The minimum atomic E-state index is -0.543. The Balaban J connectivity index is 1.65. The Kier molecular flexibility index (Phi) is 8.51. The molecule has 2 amide bonds. The van der Waals surface area contributed by atoms with E-state index in [0.717, 1.165) is 36.8 Å². The van der Waals surface area contributed by atoms with E-state index in [4.69, 9.17) is 4.74 Å². The van der Waals surface area contributed by atoms with Gasteiger partial charge in [0.1, 0.15) is 11.8 Å². The van der Waals surface area contributed by atoms with Gasteiger partial charge in [0.15, 0.2) is 6.61 Å². The van der Waals surface area contributed by atoms with Gasteiger partial charge in [-0.25, -0.2) is 0 Å². The number of para-hydroxylation sites is 1. The van der Waals surface area contributed by atoms with E-state index in [1.54, 1.807) is 4.90 Å². The standard InChI is InChI=1S/C26H34N2O3/c1-20-11-9-10-16-24(20)31-19-25(29)28(18-17-22-12-5-3-6-13-22)21(2)26(30)27-23-14-7-4-8-15-23/h3,5-6,9-13,16,21,23H,4,7-8,14-15,17-19H2,1-2H3,(H,27,30)/t21-/m0/s1.